The lowest BCUT2D eigenvalue weighted by Crippen LogP contribution is -2.08. The molecule has 0 spiro atoms. The Kier molecular flexibility index (Phi) is 3.90. The normalized spacial score (nSPS) is 11.0. The second-order valence-electron chi connectivity index (χ2n) is 3.42. The predicted octanol–water partition coefficient (Wildman–Crippen LogP) is 1.78. The van der Waals surface area contributed by atoms with Crippen molar-refractivity contribution in [1.29, 1.82) is 0 Å². The first-order valence-corrected chi connectivity index (χ1v) is 6.89. The van der Waals surface area contributed by atoms with Crippen LogP contribution in [0.3, 0.4) is 0 Å². The van der Waals surface area contributed by atoms with E-state index < -0.39 is 9.05 Å². The molecule has 1 aromatic carbocycles. The van der Waals surface area contributed by atoms with E-state index in [0.717, 1.165) is 6.07 Å². The van der Waals surface area contributed by atoms with E-state index in [1.165, 1.54) is 26.0 Å². The Hall–Kier alpha value is -1.40. The average molecular weight is 276 g/mol. The van der Waals surface area contributed by atoms with Gasteiger partial charge in [0.1, 0.15) is 0 Å². The summed E-state index contributed by atoms with van der Waals surface area (Å²) in [7, 11) is 1.24. The summed E-state index contributed by atoms with van der Waals surface area (Å²) in [6, 6.07) is 3.74. The lowest BCUT2D eigenvalue weighted by atomic mass is 10.1. The number of halogens is 1. The molecule has 0 saturated carbocycles. The Morgan fingerprint density at radius 1 is 1.18 bits per heavy atom. The zero-order chi connectivity index (χ0) is 13.2. The van der Waals surface area contributed by atoms with Crippen LogP contribution in [0.2, 0.25) is 0 Å². The quantitative estimate of drug-likeness (QED) is 0.673. The molecule has 92 valence electrons. The van der Waals surface area contributed by atoms with Crippen molar-refractivity contribution in [2.45, 2.75) is 18.7 Å². The van der Waals surface area contributed by atoms with Gasteiger partial charge in [0.15, 0.2) is 5.78 Å². The Balaban J connectivity index is 3.39. The van der Waals surface area contributed by atoms with Gasteiger partial charge in [-0.3, -0.25) is 9.59 Å². The predicted molar refractivity (Wildman–Crippen MR) is 63.8 cm³/mol. The number of benzene rings is 1. The molecule has 1 N–H and O–H groups in total. The maximum Gasteiger partial charge on any atom is 0.261 e. The molecule has 1 amide bonds. The molecular weight excluding hydrogens is 266 g/mol. The van der Waals surface area contributed by atoms with Gasteiger partial charge in [-0.2, -0.15) is 0 Å². The summed E-state index contributed by atoms with van der Waals surface area (Å²) in [6.07, 6.45) is 0. The maximum absolute atomic E-state index is 11.2. The molecule has 17 heavy (non-hydrogen) atoms. The highest BCUT2D eigenvalue weighted by Gasteiger charge is 2.14. The fraction of sp³-hybridized carbons (Fsp3) is 0.200. The molecule has 0 heterocycles. The van der Waals surface area contributed by atoms with E-state index in [1.807, 2.05) is 0 Å². The molecule has 1 aromatic rings. The fourth-order valence-electron chi connectivity index (χ4n) is 1.22. The van der Waals surface area contributed by atoms with Crippen molar-refractivity contribution in [3.8, 4) is 0 Å². The first-order chi connectivity index (χ1) is 7.70. The average Bonchev–Trinajstić information content (AvgIpc) is 2.14. The van der Waals surface area contributed by atoms with Gasteiger partial charge in [0.05, 0.1) is 4.90 Å². The third-order valence-electron chi connectivity index (χ3n) is 1.91. The minimum atomic E-state index is -3.95. The summed E-state index contributed by atoms with van der Waals surface area (Å²) in [4.78, 5) is 21.9. The number of hydrogen-bond donors (Lipinski definition) is 1. The second-order valence-corrected chi connectivity index (χ2v) is 5.99. The molecule has 0 aliphatic carbocycles. The lowest BCUT2D eigenvalue weighted by molar-refractivity contribution is -0.114. The zero-order valence-electron chi connectivity index (χ0n) is 9.15. The molecule has 1 rings (SSSR count). The van der Waals surface area contributed by atoms with E-state index in [1.54, 1.807) is 0 Å². The van der Waals surface area contributed by atoms with Crippen molar-refractivity contribution >= 4 is 37.1 Å². The zero-order valence-corrected chi connectivity index (χ0v) is 10.7. The van der Waals surface area contributed by atoms with Gasteiger partial charge in [-0.1, -0.05) is 0 Å². The van der Waals surface area contributed by atoms with Crippen molar-refractivity contribution in [3.05, 3.63) is 23.8 Å². The molecule has 0 unspecified atom stereocenters. The largest absolute Gasteiger partial charge is 0.326 e. The van der Waals surface area contributed by atoms with E-state index in [4.69, 9.17) is 10.7 Å². The molecular formula is C10H10ClNO4S. The Morgan fingerprint density at radius 2 is 1.76 bits per heavy atom. The highest BCUT2D eigenvalue weighted by Crippen LogP contribution is 2.22. The van der Waals surface area contributed by atoms with Gasteiger partial charge in [-0.15, -0.1) is 0 Å². The highest BCUT2D eigenvalue weighted by atomic mass is 35.7. The Labute approximate surface area is 103 Å². The molecule has 0 aromatic heterocycles. The van der Waals surface area contributed by atoms with Gasteiger partial charge in [0.25, 0.3) is 9.05 Å². The first-order valence-electron chi connectivity index (χ1n) is 4.58. The molecule has 0 atom stereocenters. The summed E-state index contributed by atoms with van der Waals surface area (Å²) < 4.78 is 22.4. The number of hydrogen-bond acceptors (Lipinski definition) is 4. The molecule has 0 saturated heterocycles. The summed E-state index contributed by atoms with van der Waals surface area (Å²) in [5.41, 5.74) is 0.375. The van der Waals surface area contributed by atoms with Crippen LogP contribution in [0.15, 0.2) is 23.1 Å². The van der Waals surface area contributed by atoms with Crippen LogP contribution in [0.5, 0.6) is 0 Å². The van der Waals surface area contributed by atoms with E-state index in [0.29, 0.717) is 0 Å². The summed E-state index contributed by atoms with van der Waals surface area (Å²) in [5, 5.41) is 2.40. The van der Waals surface area contributed by atoms with Crippen LogP contribution in [0.4, 0.5) is 5.69 Å². The van der Waals surface area contributed by atoms with Crippen molar-refractivity contribution in [1.82, 2.24) is 0 Å². The monoisotopic (exact) mass is 275 g/mol. The van der Waals surface area contributed by atoms with Gasteiger partial charge < -0.3 is 5.32 Å². The number of ketones is 1. The first kappa shape index (κ1) is 13.7. The molecule has 0 fully saturated rings. The van der Waals surface area contributed by atoms with Crippen molar-refractivity contribution < 1.29 is 18.0 Å². The van der Waals surface area contributed by atoms with Crippen molar-refractivity contribution in [2.24, 2.45) is 0 Å². The second kappa shape index (κ2) is 4.85. The molecule has 0 radical (unpaired) electrons. The number of nitrogens with one attached hydrogen (secondary N) is 1. The number of anilines is 1. The SMILES string of the molecule is CC(=O)Nc1cc(C(C)=O)cc(S(=O)(=O)Cl)c1. The number of Topliss-reactive ketones (excluding diaryl/α,β-unsaturated/α-hetero) is 1. The fourth-order valence-corrected chi connectivity index (χ4v) is 2.02. The van der Waals surface area contributed by atoms with Crippen LogP contribution in [0.1, 0.15) is 24.2 Å². The topological polar surface area (TPSA) is 80.3 Å². The van der Waals surface area contributed by atoms with E-state index in [-0.39, 0.29) is 27.8 Å². The van der Waals surface area contributed by atoms with Gasteiger partial charge >= 0.3 is 0 Å². The summed E-state index contributed by atoms with van der Waals surface area (Å²) >= 11 is 0. The summed E-state index contributed by atoms with van der Waals surface area (Å²) in [6.45, 7) is 2.56. The number of amides is 1. The molecule has 0 bridgehead atoms. The van der Waals surface area contributed by atoms with Crippen LogP contribution < -0.4 is 5.32 Å². The number of carbonyl (C=O) groups is 2. The highest BCUT2D eigenvalue weighted by molar-refractivity contribution is 8.13. The minimum absolute atomic E-state index is 0.162. The Morgan fingerprint density at radius 3 is 2.18 bits per heavy atom. The van der Waals surface area contributed by atoms with Crippen molar-refractivity contribution in [3.63, 3.8) is 0 Å². The third-order valence-corrected chi connectivity index (χ3v) is 3.25. The van der Waals surface area contributed by atoms with Gasteiger partial charge in [0.2, 0.25) is 5.91 Å². The van der Waals surface area contributed by atoms with Crippen molar-refractivity contribution in [2.75, 3.05) is 5.32 Å². The molecule has 0 aliphatic heterocycles. The van der Waals surface area contributed by atoms with E-state index >= 15 is 0 Å². The smallest absolute Gasteiger partial charge is 0.261 e. The van der Waals surface area contributed by atoms with Crippen LogP contribution >= 0.6 is 10.7 Å². The minimum Gasteiger partial charge on any atom is -0.326 e. The lowest BCUT2D eigenvalue weighted by Gasteiger charge is -2.06. The Bertz CT molecular complexity index is 580. The molecule has 5 nitrogen and oxygen atoms in total. The molecule has 7 heteroatoms. The standard InChI is InChI=1S/C10H10ClNO4S/c1-6(13)8-3-9(12-7(2)14)5-10(4-8)17(11,15)16/h3-5H,1-2H3,(H,12,14). The van der Waals surface area contributed by atoms with E-state index in [9.17, 15) is 18.0 Å². The van der Waals surface area contributed by atoms with Crippen LogP contribution in [0, 0.1) is 0 Å². The van der Waals surface area contributed by atoms with Gasteiger partial charge in [-0.05, 0) is 25.1 Å². The van der Waals surface area contributed by atoms with Crippen LogP contribution in [-0.2, 0) is 13.8 Å². The van der Waals surface area contributed by atoms with Crippen LogP contribution in [-0.4, -0.2) is 20.1 Å². The van der Waals surface area contributed by atoms with Crippen LogP contribution in [0.25, 0.3) is 0 Å². The van der Waals surface area contributed by atoms with Gasteiger partial charge in [0, 0.05) is 28.9 Å². The van der Waals surface area contributed by atoms with Gasteiger partial charge in [-0.25, -0.2) is 8.42 Å². The maximum atomic E-state index is 11.2. The molecule has 0 aliphatic rings. The van der Waals surface area contributed by atoms with E-state index in [2.05, 4.69) is 5.32 Å². The number of rotatable bonds is 3. The summed E-state index contributed by atoms with van der Waals surface area (Å²) in [5.74, 6) is -0.692. The number of carbonyl (C=O) groups excluding carboxylic acids is 2. The third kappa shape index (κ3) is 3.83.